The number of nitrogens with one attached hydrogen (secondary N) is 1. The minimum Gasteiger partial charge on any atom is -0.378 e. The molecule has 2 aromatic carbocycles. The van der Waals surface area contributed by atoms with Crippen molar-refractivity contribution < 1.29 is 23.3 Å². The fourth-order valence-corrected chi connectivity index (χ4v) is 5.36. The van der Waals surface area contributed by atoms with Crippen molar-refractivity contribution in [1.29, 1.82) is 0 Å². The molecule has 7 heteroatoms. The maximum Gasteiger partial charge on any atom is 0.232 e. The number of aliphatic hydroxyl groups is 1. The molecule has 0 radical (unpaired) electrons. The van der Waals surface area contributed by atoms with Gasteiger partial charge in [-0.25, -0.2) is 8.78 Å². The number of unbranched alkanes of at least 4 members (excludes halogenated alkanes) is 6. The van der Waals surface area contributed by atoms with Crippen LogP contribution in [-0.2, 0) is 17.5 Å². The van der Waals surface area contributed by atoms with Crippen LogP contribution in [0.4, 0.5) is 8.78 Å². The highest BCUT2D eigenvalue weighted by Gasteiger charge is 2.34. The zero-order chi connectivity index (χ0) is 24.1. The maximum absolute atomic E-state index is 13.8. The molecule has 33 heavy (non-hydrogen) atoms. The zero-order valence-corrected chi connectivity index (χ0v) is 20.5. The summed E-state index contributed by atoms with van der Waals surface area (Å²) in [5.74, 6) is -4.11. The molecule has 2 atom stereocenters. The topological polar surface area (TPSA) is 69.6 Å². The van der Waals surface area contributed by atoms with Gasteiger partial charge in [-0.1, -0.05) is 75.8 Å². The van der Waals surface area contributed by atoms with E-state index in [9.17, 15) is 23.3 Å². The van der Waals surface area contributed by atoms with Gasteiger partial charge in [0.05, 0.1) is 5.56 Å². The van der Waals surface area contributed by atoms with Crippen LogP contribution in [-0.4, -0.2) is 22.7 Å². The molecule has 2 aromatic rings. The first kappa shape index (κ1) is 27.7. The molecule has 0 bridgehead atoms. The number of halogens is 2. The van der Waals surface area contributed by atoms with Crippen molar-refractivity contribution in [3.05, 3.63) is 70.8 Å². The third-order valence-electron chi connectivity index (χ3n) is 5.89. The first-order valence-corrected chi connectivity index (χ1v) is 14.0. The maximum atomic E-state index is 13.8. The summed E-state index contributed by atoms with van der Waals surface area (Å²) < 4.78 is 40.0. The summed E-state index contributed by atoms with van der Waals surface area (Å²) in [6, 6.07) is 11.5. The van der Waals surface area contributed by atoms with Crippen molar-refractivity contribution in [2.75, 3.05) is 12.7 Å². The van der Waals surface area contributed by atoms with Gasteiger partial charge in [-0.3, -0.25) is 4.57 Å². The van der Waals surface area contributed by atoms with Crippen LogP contribution in [0.5, 0.6) is 0 Å². The molecule has 3 N–H and O–H groups in total. The molecule has 2 rings (SSSR count). The molecule has 4 nitrogen and oxygen atoms in total. The Bertz CT molecular complexity index is 856. The van der Waals surface area contributed by atoms with Crippen LogP contribution in [0, 0.1) is 11.6 Å². The molecule has 0 amide bonds. The van der Waals surface area contributed by atoms with Gasteiger partial charge in [0.2, 0.25) is 7.37 Å². The van der Waals surface area contributed by atoms with E-state index in [0.29, 0.717) is 19.5 Å². The first-order valence-electron chi connectivity index (χ1n) is 12.1. The summed E-state index contributed by atoms with van der Waals surface area (Å²) in [4.78, 5) is 10.1. The number of rotatable bonds is 16. The second kappa shape index (κ2) is 14.6. The molecule has 2 unspecified atom stereocenters. The lowest BCUT2D eigenvalue weighted by Gasteiger charge is -2.19. The van der Waals surface area contributed by atoms with Gasteiger partial charge in [0.1, 0.15) is 11.6 Å². The number of hydrogen-bond donors (Lipinski definition) is 3. The molecule has 0 aliphatic carbocycles. The molecule has 0 saturated heterocycles. The van der Waals surface area contributed by atoms with Crippen molar-refractivity contribution in [3.63, 3.8) is 0 Å². The first-order chi connectivity index (χ1) is 15.8. The average molecular weight is 482 g/mol. The molecule has 0 fully saturated rings. The van der Waals surface area contributed by atoms with Gasteiger partial charge in [-0.05, 0) is 49.1 Å². The molecular formula is C26H38F2NO3P. The van der Waals surface area contributed by atoms with Crippen LogP contribution in [0.25, 0.3) is 0 Å². The van der Waals surface area contributed by atoms with E-state index in [0.717, 1.165) is 30.2 Å². The lowest BCUT2D eigenvalue weighted by Crippen LogP contribution is -2.17. The Morgan fingerprint density at radius 1 is 0.879 bits per heavy atom. The van der Waals surface area contributed by atoms with Gasteiger partial charge < -0.3 is 15.3 Å². The molecule has 0 aromatic heterocycles. The van der Waals surface area contributed by atoms with Gasteiger partial charge in [0, 0.05) is 12.7 Å². The van der Waals surface area contributed by atoms with Gasteiger partial charge in [0.15, 0.2) is 5.85 Å². The van der Waals surface area contributed by atoms with Crippen LogP contribution < -0.4 is 5.32 Å². The summed E-state index contributed by atoms with van der Waals surface area (Å²) in [5, 5.41) is 13.3. The lowest BCUT2D eigenvalue weighted by molar-refractivity contribution is 0.224. The number of benzene rings is 2. The molecule has 184 valence electrons. The fourth-order valence-electron chi connectivity index (χ4n) is 3.85. The standard InChI is InChI=1S/C26H38F2NO3P/c1-2-3-4-5-6-7-8-11-21-14-16-22(17-15-21)20-29-18-10-19-33(31,32)26(30)25-23(27)12-9-13-24(25)28/h9,12-17,26,29-30H,2-8,10-11,18-20H2,1H3,(H,31,32). The molecule has 0 aliphatic rings. The largest absolute Gasteiger partial charge is 0.378 e. The van der Waals surface area contributed by atoms with Gasteiger partial charge >= 0.3 is 0 Å². The normalized spacial score (nSPS) is 14.2. The second-order valence-corrected chi connectivity index (χ2v) is 11.2. The highest BCUT2D eigenvalue weighted by Crippen LogP contribution is 2.55. The summed E-state index contributed by atoms with van der Waals surface area (Å²) >= 11 is 0. The van der Waals surface area contributed by atoms with Crippen molar-refractivity contribution in [2.24, 2.45) is 0 Å². The van der Waals surface area contributed by atoms with E-state index in [4.69, 9.17) is 0 Å². The predicted molar refractivity (Wildman–Crippen MR) is 130 cm³/mol. The van der Waals surface area contributed by atoms with Gasteiger partial charge in [-0.15, -0.1) is 0 Å². The second-order valence-electron chi connectivity index (χ2n) is 8.71. The minimum absolute atomic E-state index is 0.230. The van der Waals surface area contributed by atoms with Gasteiger partial charge in [-0.2, -0.15) is 0 Å². The Labute approximate surface area is 196 Å². The third kappa shape index (κ3) is 9.66. The molecule has 0 spiro atoms. The number of aryl methyl sites for hydroxylation is 1. The van der Waals surface area contributed by atoms with Gasteiger partial charge in [0.25, 0.3) is 0 Å². The summed E-state index contributed by atoms with van der Waals surface area (Å²) in [6.07, 6.45) is 10.3. The summed E-state index contributed by atoms with van der Waals surface area (Å²) in [6.45, 7) is 3.31. The lowest BCUT2D eigenvalue weighted by atomic mass is 10.0. The summed E-state index contributed by atoms with van der Waals surface area (Å²) in [7, 11) is -4.16. The minimum atomic E-state index is -4.16. The van der Waals surface area contributed by atoms with E-state index < -0.39 is 30.4 Å². The Morgan fingerprint density at radius 3 is 2.09 bits per heavy atom. The van der Waals surface area contributed by atoms with Crippen LogP contribution in [0.2, 0.25) is 0 Å². The van der Waals surface area contributed by atoms with Crippen LogP contribution in [0.15, 0.2) is 42.5 Å². The van der Waals surface area contributed by atoms with E-state index >= 15 is 0 Å². The SMILES string of the molecule is CCCCCCCCCc1ccc(CNCCCP(=O)(O)C(O)c2c(F)cccc2F)cc1. The highest BCUT2D eigenvalue weighted by atomic mass is 31.2. The quantitative estimate of drug-likeness (QED) is 0.184. The predicted octanol–water partition coefficient (Wildman–Crippen LogP) is 6.70. The third-order valence-corrected chi connectivity index (χ3v) is 7.87. The molecule has 0 aliphatic heterocycles. The highest BCUT2D eigenvalue weighted by molar-refractivity contribution is 7.58. The molecule has 0 heterocycles. The average Bonchev–Trinajstić information content (AvgIpc) is 2.79. The number of hydrogen-bond acceptors (Lipinski definition) is 3. The Kier molecular flexibility index (Phi) is 12.3. The molecule has 0 saturated carbocycles. The smallest absolute Gasteiger partial charge is 0.232 e. The summed E-state index contributed by atoms with van der Waals surface area (Å²) in [5.41, 5.74) is 1.72. The van der Waals surface area contributed by atoms with Crippen LogP contribution in [0.3, 0.4) is 0 Å². The number of aliphatic hydroxyl groups excluding tert-OH is 1. The van der Waals surface area contributed by atoms with E-state index in [1.54, 1.807) is 0 Å². The van der Waals surface area contributed by atoms with Crippen LogP contribution >= 0.6 is 7.37 Å². The van der Waals surface area contributed by atoms with Crippen molar-refractivity contribution >= 4 is 7.37 Å². The van der Waals surface area contributed by atoms with E-state index in [-0.39, 0.29) is 6.16 Å². The Hall–Kier alpha value is -1.59. The monoisotopic (exact) mass is 481 g/mol. The Morgan fingerprint density at radius 2 is 1.45 bits per heavy atom. The van der Waals surface area contributed by atoms with Crippen molar-refractivity contribution in [3.8, 4) is 0 Å². The molecular weight excluding hydrogens is 443 g/mol. The zero-order valence-electron chi connectivity index (χ0n) is 19.6. The van der Waals surface area contributed by atoms with E-state index in [1.165, 1.54) is 50.5 Å². The van der Waals surface area contributed by atoms with Crippen molar-refractivity contribution in [2.45, 2.75) is 77.1 Å². The van der Waals surface area contributed by atoms with E-state index in [2.05, 4.69) is 36.5 Å². The Balaban J connectivity index is 1.65. The fraction of sp³-hybridized carbons (Fsp3) is 0.538. The van der Waals surface area contributed by atoms with Crippen molar-refractivity contribution in [1.82, 2.24) is 5.32 Å². The van der Waals surface area contributed by atoms with E-state index in [1.807, 2.05) is 0 Å². The van der Waals surface area contributed by atoms with Crippen LogP contribution in [0.1, 0.15) is 80.8 Å².